The van der Waals surface area contributed by atoms with Gasteiger partial charge >= 0.3 is 0 Å². The Balaban J connectivity index is 0.000000209. The van der Waals surface area contributed by atoms with Crippen LogP contribution in [0.4, 0.5) is 0 Å². The molecule has 0 amide bonds. The second kappa shape index (κ2) is 7.28. The van der Waals surface area contributed by atoms with Gasteiger partial charge in [0, 0.05) is 31.7 Å². The molecule has 0 aromatic carbocycles. The van der Waals surface area contributed by atoms with Crippen LogP contribution in [0.2, 0.25) is 0 Å². The Morgan fingerprint density at radius 3 is 2.12 bits per heavy atom. The van der Waals surface area contributed by atoms with E-state index in [0.717, 1.165) is 25.6 Å². The fourth-order valence-electron chi connectivity index (χ4n) is 1.97. The minimum atomic E-state index is 0.495. The molecular weight excluding hydrogens is 214 g/mol. The average molecular weight is 243 g/mol. The summed E-state index contributed by atoms with van der Waals surface area (Å²) in [7, 11) is 4.01. The molecule has 0 unspecified atom stereocenters. The Labute approximate surface area is 105 Å². The zero-order valence-electron chi connectivity index (χ0n) is 11.3. The van der Waals surface area contributed by atoms with Crippen molar-refractivity contribution in [3.8, 4) is 0 Å². The summed E-state index contributed by atoms with van der Waals surface area (Å²) in [6, 6.07) is 0. The van der Waals surface area contributed by atoms with Crippen molar-refractivity contribution in [2.75, 3.05) is 40.3 Å². The fraction of sp³-hybridized carbons (Fsp3) is 1.00. The standard InChI is InChI=1S/C8H17N3.C4H12N2/c9-5-6-10-11-8(3-4-8)7-1-2-7;1-6(2)4-3-5/h7,10-11H,1-6,9H2;3-5H2,1-2H3. The first kappa shape index (κ1) is 14.9. The van der Waals surface area contributed by atoms with E-state index in [-0.39, 0.29) is 0 Å². The number of nitrogens with zero attached hydrogens (tertiary/aromatic N) is 1. The zero-order chi connectivity index (χ0) is 12.7. The second-order valence-corrected chi connectivity index (χ2v) is 5.36. The summed E-state index contributed by atoms with van der Waals surface area (Å²) in [5, 5.41) is 0. The van der Waals surface area contributed by atoms with Gasteiger partial charge in [0.15, 0.2) is 0 Å². The Bertz CT molecular complexity index is 199. The molecule has 2 rings (SSSR count). The average Bonchev–Trinajstić information content (AvgIpc) is 3.14. The number of rotatable bonds is 7. The molecule has 0 bridgehead atoms. The van der Waals surface area contributed by atoms with E-state index in [1.807, 2.05) is 14.1 Å². The molecule has 0 radical (unpaired) electrons. The molecule has 0 heterocycles. The van der Waals surface area contributed by atoms with Crippen molar-refractivity contribution in [2.24, 2.45) is 17.4 Å². The Morgan fingerprint density at radius 1 is 1.18 bits per heavy atom. The summed E-state index contributed by atoms with van der Waals surface area (Å²) < 4.78 is 0. The predicted molar refractivity (Wildman–Crippen MR) is 72.5 cm³/mol. The number of nitrogens with one attached hydrogen (secondary N) is 2. The Morgan fingerprint density at radius 2 is 1.82 bits per heavy atom. The highest BCUT2D eigenvalue weighted by atomic mass is 15.4. The molecule has 0 saturated heterocycles. The van der Waals surface area contributed by atoms with E-state index in [1.165, 1.54) is 25.7 Å². The molecule has 0 spiro atoms. The molecule has 5 nitrogen and oxygen atoms in total. The van der Waals surface area contributed by atoms with Crippen LogP contribution < -0.4 is 22.3 Å². The van der Waals surface area contributed by atoms with Crippen LogP contribution in [0.5, 0.6) is 0 Å². The van der Waals surface area contributed by atoms with Crippen LogP contribution in [0.15, 0.2) is 0 Å². The van der Waals surface area contributed by atoms with Crippen LogP contribution >= 0.6 is 0 Å². The summed E-state index contributed by atoms with van der Waals surface area (Å²) >= 11 is 0. The van der Waals surface area contributed by atoms with Gasteiger partial charge in [-0.1, -0.05) is 0 Å². The largest absolute Gasteiger partial charge is 0.329 e. The van der Waals surface area contributed by atoms with E-state index in [9.17, 15) is 0 Å². The van der Waals surface area contributed by atoms with Crippen molar-refractivity contribution in [1.29, 1.82) is 0 Å². The van der Waals surface area contributed by atoms with Gasteiger partial charge in [-0.15, -0.1) is 0 Å². The highest BCUT2D eigenvalue weighted by Crippen LogP contribution is 2.53. The first-order valence-corrected chi connectivity index (χ1v) is 6.69. The lowest BCUT2D eigenvalue weighted by atomic mass is 10.2. The SMILES string of the molecule is CN(C)CCN.NCCNNC1(C2CC2)CC1. The highest BCUT2D eigenvalue weighted by Gasteiger charge is 2.53. The minimum absolute atomic E-state index is 0.495. The lowest BCUT2D eigenvalue weighted by molar-refractivity contribution is 0.379. The highest BCUT2D eigenvalue weighted by molar-refractivity contribution is 5.10. The molecule has 2 aliphatic carbocycles. The summed E-state index contributed by atoms with van der Waals surface area (Å²) in [5.41, 5.74) is 17.6. The predicted octanol–water partition coefficient (Wildman–Crippen LogP) is -0.511. The second-order valence-electron chi connectivity index (χ2n) is 5.36. The van der Waals surface area contributed by atoms with Crippen LogP contribution in [0.1, 0.15) is 25.7 Å². The van der Waals surface area contributed by atoms with E-state index in [4.69, 9.17) is 11.5 Å². The molecule has 0 atom stereocenters. The molecule has 2 saturated carbocycles. The van der Waals surface area contributed by atoms with E-state index in [1.54, 1.807) is 0 Å². The van der Waals surface area contributed by atoms with Gasteiger partial charge in [-0.2, -0.15) is 0 Å². The Hall–Kier alpha value is -0.200. The molecule has 0 aromatic heterocycles. The molecule has 102 valence electrons. The van der Waals surface area contributed by atoms with Gasteiger partial charge < -0.3 is 16.4 Å². The van der Waals surface area contributed by atoms with Crippen LogP contribution in [0.25, 0.3) is 0 Å². The number of hydrogen-bond donors (Lipinski definition) is 4. The first-order valence-electron chi connectivity index (χ1n) is 6.69. The van der Waals surface area contributed by atoms with Crippen LogP contribution in [-0.2, 0) is 0 Å². The maximum atomic E-state index is 5.37. The third kappa shape index (κ3) is 5.79. The monoisotopic (exact) mass is 243 g/mol. The summed E-state index contributed by atoms with van der Waals surface area (Å²) in [6.07, 6.45) is 5.57. The smallest absolute Gasteiger partial charge is 0.0353 e. The van der Waals surface area contributed by atoms with Gasteiger partial charge in [0.05, 0.1) is 0 Å². The lowest BCUT2D eigenvalue weighted by Gasteiger charge is -2.16. The number of nitrogens with two attached hydrogens (primary N) is 2. The molecular formula is C12H29N5. The van der Waals surface area contributed by atoms with E-state index >= 15 is 0 Å². The minimum Gasteiger partial charge on any atom is -0.329 e. The van der Waals surface area contributed by atoms with E-state index < -0.39 is 0 Å². The molecule has 17 heavy (non-hydrogen) atoms. The molecule has 6 N–H and O–H groups in total. The lowest BCUT2D eigenvalue weighted by Crippen LogP contribution is -2.45. The van der Waals surface area contributed by atoms with Crippen molar-refractivity contribution in [1.82, 2.24) is 15.8 Å². The van der Waals surface area contributed by atoms with Crippen molar-refractivity contribution in [2.45, 2.75) is 31.2 Å². The van der Waals surface area contributed by atoms with Crippen molar-refractivity contribution >= 4 is 0 Å². The first-order chi connectivity index (χ1) is 8.14. The van der Waals surface area contributed by atoms with Crippen molar-refractivity contribution < 1.29 is 0 Å². The van der Waals surface area contributed by atoms with Crippen LogP contribution in [-0.4, -0.2) is 50.7 Å². The van der Waals surface area contributed by atoms with Gasteiger partial charge in [-0.3, -0.25) is 10.9 Å². The van der Waals surface area contributed by atoms with Gasteiger partial charge in [-0.25, -0.2) is 0 Å². The van der Waals surface area contributed by atoms with Gasteiger partial charge in [0.2, 0.25) is 0 Å². The summed E-state index contributed by atoms with van der Waals surface area (Å²) in [4.78, 5) is 2.06. The fourth-order valence-corrected chi connectivity index (χ4v) is 1.97. The third-order valence-corrected chi connectivity index (χ3v) is 3.33. The zero-order valence-corrected chi connectivity index (χ0v) is 11.3. The third-order valence-electron chi connectivity index (χ3n) is 3.33. The molecule has 2 fully saturated rings. The van der Waals surface area contributed by atoms with Crippen molar-refractivity contribution in [3.05, 3.63) is 0 Å². The van der Waals surface area contributed by atoms with Gasteiger partial charge in [-0.05, 0) is 45.7 Å². The Kier molecular flexibility index (Phi) is 6.37. The molecule has 0 aliphatic heterocycles. The van der Waals surface area contributed by atoms with Crippen LogP contribution in [0, 0.1) is 5.92 Å². The normalized spacial score (nSPS) is 21.0. The van der Waals surface area contributed by atoms with Gasteiger partial charge in [0.25, 0.3) is 0 Å². The van der Waals surface area contributed by atoms with Gasteiger partial charge in [0.1, 0.15) is 0 Å². The quantitative estimate of drug-likeness (QED) is 0.358. The molecule has 2 aliphatic rings. The molecule has 0 aromatic rings. The van der Waals surface area contributed by atoms with E-state index in [2.05, 4.69) is 15.8 Å². The maximum Gasteiger partial charge on any atom is 0.0353 e. The number of hydrazine groups is 1. The topological polar surface area (TPSA) is 79.3 Å². The number of hydrogen-bond acceptors (Lipinski definition) is 5. The molecule has 5 heteroatoms. The van der Waals surface area contributed by atoms with E-state index in [0.29, 0.717) is 12.1 Å². The maximum absolute atomic E-state index is 5.37. The van der Waals surface area contributed by atoms with Crippen molar-refractivity contribution in [3.63, 3.8) is 0 Å². The van der Waals surface area contributed by atoms with Crippen LogP contribution in [0.3, 0.4) is 0 Å². The summed E-state index contributed by atoms with van der Waals surface area (Å²) in [6.45, 7) is 3.34. The summed E-state index contributed by atoms with van der Waals surface area (Å²) in [5.74, 6) is 0.966. The number of likely N-dealkylation sites (N-methyl/N-ethyl adjacent to an activating group) is 1.